The van der Waals surface area contributed by atoms with E-state index in [2.05, 4.69) is 10.6 Å². The van der Waals surface area contributed by atoms with Crippen LogP contribution in [0.15, 0.2) is 12.2 Å². The van der Waals surface area contributed by atoms with Crippen molar-refractivity contribution in [1.29, 1.82) is 0 Å². The van der Waals surface area contributed by atoms with Crippen molar-refractivity contribution in [2.75, 3.05) is 0 Å². The fourth-order valence-corrected chi connectivity index (χ4v) is 1.15. The van der Waals surface area contributed by atoms with E-state index in [1.807, 2.05) is 0 Å². The van der Waals surface area contributed by atoms with Crippen molar-refractivity contribution < 1.29 is 24.6 Å². The summed E-state index contributed by atoms with van der Waals surface area (Å²) < 4.78 is 0. The van der Waals surface area contributed by atoms with Gasteiger partial charge < -0.3 is 20.8 Å². The number of hydrogen-bond donors (Lipinski definition) is 4. The van der Waals surface area contributed by atoms with Crippen molar-refractivity contribution >= 4 is 18.0 Å². The second-order valence-corrected chi connectivity index (χ2v) is 5.02. The molecule has 2 amide bonds. The predicted octanol–water partition coefficient (Wildman–Crippen LogP) is 0.958. The Balaban J connectivity index is 4.38. The van der Waals surface area contributed by atoms with Gasteiger partial charge in [-0.05, 0) is 27.2 Å². The number of rotatable bonds is 6. The van der Waals surface area contributed by atoms with E-state index >= 15 is 0 Å². The van der Waals surface area contributed by atoms with Crippen molar-refractivity contribution in [3.8, 4) is 0 Å². The summed E-state index contributed by atoms with van der Waals surface area (Å²) in [5.74, 6) is -2.18. The first kappa shape index (κ1) is 16.9. The van der Waals surface area contributed by atoms with Gasteiger partial charge in [0.1, 0.15) is 6.04 Å². The Kier molecular flexibility index (Phi) is 6.60. The molecule has 108 valence electrons. The van der Waals surface area contributed by atoms with Gasteiger partial charge in [0.2, 0.25) is 0 Å². The fraction of sp³-hybridized carbons (Fsp3) is 0.583. The lowest BCUT2D eigenvalue weighted by molar-refractivity contribution is -0.138. The van der Waals surface area contributed by atoms with Gasteiger partial charge in [0.25, 0.3) is 0 Å². The molecule has 0 aromatic heterocycles. The number of carboxylic acid groups (broad SMARTS) is 2. The summed E-state index contributed by atoms with van der Waals surface area (Å²) in [4.78, 5) is 32.7. The lowest BCUT2D eigenvalue weighted by atomic mass is 10.1. The molecule has 7 nitrogen and oxygen atoms in total. The van der Waals surface area contributed by atoms with Gasteiger partial charge in [-0.1, -0.05) is 12.2 Å². The van der Waals surface area contributed by atoms with Gasteiger partial charge in [-0.3, -0.25) is 4.79 Å². The Hall–Kier alpha value is -2.05. The third-order valence-corrected chi connectivity index (χ3v) is 1.89. The van der Waals surface area contributed by atoms with E-state index in [9.17, 15) is 14.4 Å². The van der Waals surface area contributed by atoms with E-state index in [1.54, 1.807) is 20.8 Å². The van der Waals surface area contributed by atoms with Crippen LogP contribution in [0, 0.1) is 0 Å². The van der Waals surface area contributed by atoms with Crippen LogP contribution in [0.2, 0.25) is 0 Å². The molecule has 0 unspecified atom stereocenters. The van der Waals surface area contributed by atoms with Crippen LogP contribution < -0.4 is 10.6 Å². The fourth-order valence-electron chi connectivity index (χ4n) is 1.15. The van der Waals surface area contributed by atoms with E-state index in [0.717, 1.165) is 0 Å². The molecule has 4 N–H and O–H groups in total. The highest BCUT2D eigenvalue weighted by Gasteiger charge is 2.19. The molecule has 0 aliphatic heterocycles. The second kappa shape index (κ2) is 7.40. The first-order chi connectivity index (χ1) is 8.61. The minimum Gasteiger partial charge on any atom is -0.481 e. The first-order valence-electron chi connectivity index (χ1n) is 5.82. The van der Waals surface area contributed by atoms with E-state index in [4.69, 9.17) is 10.2 Å². The van der Waals surface area contributed by atoms with E-state index in [-0.39, 0.29) is 12.8 Å². The molecule has 0 saturated heterocycles. The summed E-state index contributed by atoms with van der Waals surface area (Å²) in [5.41, 5.74) is -0.472. The molecular formula is C12H20N2O5. The number of allylic oxidation sites excluding steroid dienone is 1. The van der Waals surface area contributed by atoms with Crippen molar-refractivity contribution in [1.82, 2.24) is 10.6 Å². The molecule has 0 aromatic carbocycles. The van der Waals surface area contributed by atoms with Crippen molar-refractivity contribution in [2.24, 2.45) is 0 Å². The minimum atomic E-state index is -1.21. The quantitative estimate of drug-likeness (QED) is 0.537. The zero-order valence-electron chi connectivity index (χ0n) is 11.3. The molecule has 0 heterocycles. The zero-order valence-corrected chi connectivity index (χ0v) is 11.3. The molecule has 0 bridgehead atoms. The molecule has 0 aliphatic rings. The van der Waals surface area contributed by atoms with Gasteiger partial charge in [0.15, 0.2) is 0 Å². The Bertz CT molecular complexity index is 371. The molecule has 0 aliphatic carbocycles. The molecule has 1 atom stereocenters. The molecule has 19 heavy (non-hydrogen) atoms. The minimum absolute atomic E-state index is 0.0863. The predicted molar refractivity (Wildman–Crippen MR) is 68.9 cm³/mol. The highest BCUT2D eigenvalue weighted by Crippen LogP contribution is 1.99. The van der Waals surface area contributed by atoms with Gasteiger partial charge in [-0.2, -0.15) is 0 Å². The average molecular weight is 272 g/mol. The zero-order chi connectivity index (χ0) is 15.1. The summed E-state index contributed by atoms with van der Waals surface area (Å²) in [6.45, 7) is 5.31. The van der Waals surface area contributed by atoms with Crippen LogP contribution in [0.5, 0.6) is 0 Å². The lowest BCUT2D eigenvalue weighted by Crippen LogP contribution is -2.51. The lowest BCUT2D eigenvalue weighted by Gasteiger charge is -2.22. The number of carboxylic acids is 2. The third kappa shape index (κ3) is 9.63. The third-order valence-electron chi connectivity index (χ3n) is 1.89. The molecule has 0 radical (unpaired) electrons. The molecule has 0 saturated carbocycles. The first-order valence-corrected chi connectivity index (χ1v) is 5.82. The SMILES string of the molecule is CC(C)(C)NC(=O)N[C@@H](/C=C\CCC(=O)O)C(=O)O. The Labute approximate surface area is 111 Å². The maximum absolute atomic E-state index is 11.5. The van der Waals surface area contributed by atoms with Crippen LogP contribution >= 0.6 is 0 Å². The van der Waals surface area contributed by atoms with E-state index in [1.165, 1.54) is 12.2 Å². The maximum atomic E-state index is 11.5. The van der Waals surface area contributed by atoms with Gasteiger partial charge in [-0.15, -0.1) is 0 Å². The molecule has 0 spiro atoms. The van der Waals surface area contributed by atoms with Gasteiger partial charge in [-0.25, -0.2) is 9.59 Å². The Morgan fingerprint density at radius 1 is 1.21 bits per heavy atom. The molecular weight excluding hydrogens is 252 g/mol. The van der Waals surface area contributed by atoms with E-state index in [0.29, 0.717) is 0 Å². The summed E-state index contributed by atoms with van der Waals surface area (Å²) >= 11 is 0. The Morgan fingerprint density at radius 2 is 1.79 bits per heavy atom. The largest absolute Gasteiger partial charge is 0.481 e. The highest BCUT2D eigenvalue weighted by molar-refractivity contribution is 5.84. The summed E-state index contributed by atoms with van der Waals surface area (Å²) in [7, 11) is 0. The number of carbonyl (C=O) groups excluding carboxylic acids is 1. The van der Waals surface area contributed by atoms with E-state index < -0.39 is 29.6 Å². The van der Waals surface area contributed by atoms with Crippen LogP contribution in [-0.2, 0) is 9.59 Å². The molecule has 0 aromatic rings. The maximum Gasteiger partial charge on any atom is 0.330 e. The van der Waals surface area contributed by atoms with Crippen LogP contribution in [0.3, 0.4) is 0 Å². The number of nitrogens with one attached hydrogen (secondary N) is 2. The normalized spacial score (nSPS) is 13.0. The van der Waals surface area contributed by atoms with Gasteiger partial charge in [0, 0.05) is 12.0 Å². The molecule has 0 fully saturated rings. The topological polar surface area (TPSA) is 116 Å². The monoisotopic (exact) mass is 272 g/mol. The molecule has 7 heteroatoms. The number of urea groups is 1. The number of hydrogen-bond acceptors (Lipinski definition) is 3. The standard InChI is InChI=1S/C12H20N2O5/c1-12(2,3)14-11(19)13-8(10(17)18)6-4-5-7-9(15)16/h4,6,8H,5,7H2,1-3H3,(H,15,16)(H,17,18)(H2,13,14,19)/b6-4-/t8-/m0/s1. The van der Waals surface area contributed by atoms with Crippen LogP contribution in [0.25, 0.3) is 0 Å². The summed E-state index contributed by atoms with van der Waals surface area (Å²) in [6, 6.07) is -1.78. The summed E-state index contributed by atoms with van der Waals surface area (Å²) in [6.07, 6.45) is 2.80. The summed E-state index contributed by atoms with van der Waals surface area (Å²) in [5, 5.41) is 22.2. The van der Waals surface area contributed by atoms with Crippen molar-refractivity contribution in [2.45, 2.75) is 45.2 Å². The number of carbonyl (C=O) groups is 3. The number of aliphatic carboxylic acids is 2. The smallest absolute Gasteiger partial charge is 0.330 e. The van der Waals surface area contributed by atoms with Crippen LogP contribution in [0.4, 0.5) is 4.79 Å². The molecule has 0 rings (SSSR count). The van der Waals surface area contributed by atoms with Gasteiger partial charge in [0.05, 0.1) is 0 Å². The van der Waals surface area contributed by atoms with Crippen molar-refractivity contribution in [3.63, 3.8) is 0 Å². The highest BCUT2D eigenvalue weighted by atomic mass is 16.4. The second-order valence-electron chi connectivity index (χ2n) is 5.02. The Morgan fingerprint density at radius 3 is 2.21 bits per heavy atom. The van der Waals surface area contributed by atoms with Crippen LogP contribution in [0.1, 0.15) is 33.6 Å². The van der Waals surface area contributed by atoms with Gasteiger partial charge >= 0.3 is 18.0 Å². The number of amides is 2. The van der Waals surface area contributed by atoms with Crippen LogP contribution in [-0.4, -0.2) is 39.8 Å². The average Bonchev–Trinajstić information content (AvgIpc) is 2.19. The van der Waals surface area contributed by atoms with Crippen molar-refractivity contribution in [3.05, 3.63) is 12.2 Å².